The third-order valence-electron chi connectivity index (χ3n) is 3.26. The van der Waals surface area contributed by atoms with Gasteiger partial charge in [-0.15, -0.1) is 0 Å². The number of hydrogen-bond donors (Lipinski definition) is 1. The predicted octanol–water partition coefficient (Wildman–Crippen LogP) is 2.62. The van der Waals surface area contributed by atoms with Crippen LogP contribution in [0, 0.1) is 25.5 Å². The van der Waals surface area contributed by atoms with Crippen LogP contribution in [0.2, 0.25) is 0 Å². The number of benzene rings is 1. The van der Waals surface area contributed by atoms with Crippen molar-refractivity contribution in [1.82, 2.24) is 15.1 Å². The number of nitrogens with zero attached hydrogens (tertiary/aromatic N) is 2. The number of aryl methyl sites for hydroxylation is 3. The van der Waals surface area contributed by atoms with Crippen molar-refractivity contribution in [3.8, 4) is 0 Å². The van der Waals surface area contributed by atoms with Gasteiger partial charge in [0.1, 0.15) is 11.6 Å². The van der Waals surface area contributed by atoms with E-state index >= 15 is 0 Å². The second-order valence-corrected chi connectivity index (χ2v) is 4.66. The van der Waals surface area contributed by atoms with Crippen LogP contribution in [0.1, 0.15) is 28.4 Å². The van der Waals surface area contributed by atoms with Crippen molar-refractivity contribution in [2.45, 2.75) is 19.9 Å². The third kappa shape index (κ3) is 2.38. The lowest BCUT2D eigenvalue weighted by atomic mass is 9.96. The summed E-state index contributed by atoms with van der Waals surface area (Å²) in [7, 11) is 3.46. The van der Waals surface area contributed by atoms with Crippen molar-refractivity contribution in [2.75, 3.05) is 7.05 Å². The maximum atomic E-state index is 14.2. The lowest BCUT2D eigenvalue weighted by molar-refractivity contribution is 0.517. The van der Waals surface area contributed by atoms with Gasteiger partial charge in [-0.05, 0) is 32.5 Å². The van der Waals surface area contributed by atoms with Crippen LogP contribution in [-0.2, 0) is 7.05 Å². The minimum absolute atomic E-state index is 0.0404. The zero-order valence-corrected chi connectivity index (χ0v) is 11.5. The van der Waals surface area contributed by atoms with Gasteiger partial charge >= 0.3 is 0 Å². The molecular formula is C14H17F2N3. The van der Waals surface area contributed by atoms with Crippen LogP contribution >= 0.6 is 0 Å². The molecule has 0 saturated heterocycles. The highest BCUT2D eigenvalue weighted by atomic mass is 19.1. The number of rotatable bonds is 3. The van der Waals surface area contributed by atoms with Crippen LogP contribution in [0.3, 0.4) is 0 Å². The second-order valence-electron chi connectivity index (χ2n) is 4.66. The summed E-state index contributed by atoms with van der Waals surface area (Å²) in [6.45, 7) is 3.45. The SMILES string of the molecule is CNC(c1cn(C)nc1C)c1c(F)ccc(C)c1F. The van der Waals surface area contributed by atoms with Gasteiger partial charge in [0, 0.05) is 24.4 Å². The van der Waals surface area contributed by atoms with Gasteiger partial charge in [-0.1, -0.05) is 6.07 Å². The highest BCUT2D eigenvalue weighted by Crippen LogP contribution is 2.29. The van der Waals surface area contributed by atoms with Crippen LogP contribution in [0.5, 0.6) is 0 Å². The first-order chi connectivity index (χ1) is 8.95. The van der Waals surface area contributed by atoms with Crippen molar-refractivity contribution in [3.05, 3.63) is 52.3 Å². The standard InChI is InChI=1S/C14H17F2N3/c1-8-5-6-11(15)12(13(8)16)14(17-3)10-7-19(4)18-9(10)2/h5-7,14,17H,1-4H3. The molecule has 1 heterocycles. The molecule has 0 radical (unpaired) electrons. The summed E-state index contributed by atoms with van der Waals surface area (Å²) in [5.74, 6) is -1.06. The fourth-order valence-electron chi connectivity index (χ4n) is 2.30. The van der Waals surface area contributed by atoms with E-state index in [0.717, 1.165) is 11.3 Å². The summed E-state index contributed by atoms with van der Waals surface area (Å²) in [6, 6.07) is 2.19. The average Bonchev–Trinajstić information content (AvgIpc) is 2.69. The van der Waals surface area contributed by atoms with Crippen molar-refractivity contribution < 1.29 is 8.78 Å². The van der Waals surface area contributed by atoms with Gasteiger partial charge in [-0.3, -0.25) is 4.68 Å². The van der Waals surface area contributed by atoms with Crippen molar-refractivity contribution in [3.63, 3.8) is 0 Å². The van der Waals surface area contributed by atoms with Gasteiger partial charge in [0.15, 0.2) is 0 Å². The summed E-state index contributed by atoms with van der Waals surface area (Å²) in [6.07, 6.45) is 1.78. The molecule has 0 aliphatic heterocycles. The molecule has 0 fully saturated rings. The molecule has 102 valence electrons. The fraction of sp³-hybridized carbons (Fsp3) is 0.357. The van der Waals surface area contributed by atoms with E-state index in [1.165, 1.54) is 12.1 Å². The molecule has 0 bridgehead atoms. The second kappa shape index (κ2) is 5.09. The van der Waals surface area contributed by atoms with E-state index in [4.69, 9.17) is 0 Å². The lowest BCUT2D eigenvalue weighted by Gasteiger charge is -2.18. The Balaban J connectivity index is 2.61. The molecule has 0 spiro atoms. The Morgan fingerprint density at radius 3 is 2.47 bits per heavy atom. The molecule has 2 aromatic rings. The topological polar surface area (TPSA) is 29.9 Å². The zero-order valence-electron chi connectivity index (χ0n) is 11.5. The Kier molecular flexibility index (Phi) is 3.66. The molecule has 2 rings (SSSR count). The van der Waals surface area contributed by atoms with Gasteiger partial charge in [0.2, 0.25) is 0 Å². The first-order valence-electron chi connectivity index (χ1n) is 6.07. The van der Waals surface area contributed by atoms with Gasteiger partial charge in [0.25, 0.3) is 0 Å². The van der Waals surface area contributed by atoms with Crippen molar-refractivity contribution >= 4 is 0 Å². The molecule has 5 heteroatoms. The van der Waals surface area contributed by atoms with Crippen LogP contribution < -0.4 is 5.32 Å². The van der Waals surface area contributed by atoms with E-state index in [1.807, 2.05) is 6.92 Å². The van der Waals surface area contributed by atoms with E-state index in [1.54, 1.807) is 31.9 Å². The number of halogens is 2. The van der Waals surface area contributed by atoms with E-state index in [-0.39, 0.29) is 5.56 Å². The molecular weight excluding hydrogens is 248 g/mol. The van der Waals surface area contributed by atoms with Crippen molar-refractivity contribution in [2.24, 2.45) is 7.05 Å². The first-order valence-corrected chi connectivity index (χ1v) is 6.07. The largest absolute Gasteiger partial charge is 0.309 e. The summed E-state index contributed by atoms with van der Waals surface area (Å²) in [5, 5.41) is 7.18. The zero-order chi connectivity index (χ0) is 14.2. The summed E-state index contributed by atoms with van der Waals surface area (Å²) < 4.78 is 29.8. The summed E-state index contributed by atoms with van der Waals surface area (Å²) in [4.78, 5) is 0. The number of nitrogens with one attached hydrogen (secondary N) is 1. The smallest absolute Gasteiger partial charge is 0.134 e. The van der Waals surface area contributed by atoms with E-state index in [2.05, 4.69) is 10.4 Å². The Hall–Kier alpha value is -1.75. The molecule has 1 N–H and O–H groups in total. The maximum absolute atomic E-state index is 14.2. The van der Waals surface area contributed by atoms with Gasteiger partial charge in [0.05, 0.1) is 11.7 Å². The van der Waals surface area contributed by atoms with E-state index in [9.17, 15) is 8.78 Å². The lowest BCUT2D eigenvalue weighted by Crippen LogP contribution is -2.21. The quantitative estimate of drug-likeness (QED) is 0.924. The van der Waals surface area contributed by atoms with Gasteiger partial charge in [-0.25, -0.2) is 8.78 Å². The Bertz CT molecular complexity index is 605. The van der Waals surface area contributed by atoms with Crippen LogP contribution in [0.25, 0.3) is 0 Å². The Morgan fingerprint density at radius 2 is 1.95 bits per heavy atom. The molecule has 0 saturated carbocycles. The molecule has 0 aliphatic rings. The number of hydrogen-bond acceptors (Lipinski definition) is 2. The van der Waals surface area contributed by atoms with Gasteiger partial charge in [-0.2, -0.15) is 5.10 Å². The first kappa shape index (κ1) is 13.7. The normalized spacial score (nSPS) is 12.7. The highest BCUT2D eigenvalue weighted by molar-refractivity contribution is 5.37. The van der Waals surface area contributed by atoms with Crippen LogP contribution in [0.4, 0.5) is 8.78 Å². The highest BCUT2D eigenvalue weighted by Gasteiger charge is 2.24. The number of aromatic nitrogens is 2. The fourth-order valence-corrected chi connectivity index (χ4v) is 2.30. The molecule has 3 nitrogen and oxygen atoms in total. The molecule has 1 aromatic heterocycles. The van der Waals surface area contributed by atoms with Crippen molar-refractivity contribution in [1.29, 1.82) is 0 Å². The Morgan fingerprint density at radius 1 is 1.26 bits per heavy atom. The minimum Gasteiger partial charge on any atom is -0.309 e. The molecule has 1 atom stereocenters. The summed E-state index contributed by atoms with van der Waals surface area (Å²) >= 11 is 0. The van der Waals surface area contributed by atoms with E-state index in [0.29, 0.717) is 5.56 Å². The van der Waals surface area contributed by atoms with Crippen LogP contribution in [-0.4, -0.2) is 16.8 Å². The molecule has 0 aliphatic carbocycles. The maximum Gasteiger partial charge on any atom is 0.134 e. The molecule has 0 amide bonds. The summed E-state index contributed by atoms with van der Waals surface area (Å²) in [5.41, 5.74) is 1.99. The van der Waals surface area contributed by atoms with Gasteiger partial charge < -0.3 is 5.32 Å². The predicted molar refractivity (Wildman–Crippen MR) is 69.9 cm³/mol. The molecule has 19 heavy (non-hydrogen) atoms. The minimum atomic E-state index is -0.550. The molecule has 1 aromatic carbocycles. The van der Waals surface area contributed by atoms with E-state index < -0.39 is 17.7 Å². The average molecular weight is 265 g/mol. The third-order valence-corrected chi connectivity index (χ3v) is 3.26. The Labute approximate surface area is 111 Å². The molecule has 1 unspecified atom stereocenters. The monoisotopic (exact) mass is 265 g/mol. The van der Waals surface area contributed by atoms with Crippen LogP contribution in [0.15, 0.2) is 18.3 Å².